The maximum atomic E-state index is 12.8. The van der Waals surface area contributed by atoms with Crippen LogP contribution in [0.15, 0.2) is 45.1 Å². The van der Waals surface area contributed by atoms with Gasteiger partial charge in [0, 0.05) is 16.4 Å². The molecular formula is C21H19F3N6O6S4. The molecule has 1 saturated heterocycles. The van der Waals surface area contributed by atoms with Crippen molar-refractivity contribution in [2.75, 3.05) is 5.75 Å². The van der Waals surface area contributed by atoms with E-state index in [4.69, 9.17) is 21.0 Å². The molecule has 0 aliphatic carbocycles. The molecule has 1 aromatic carbocycles. The number of hydrogen-bond donors (Lipinski definition) is 5. The summed E-state index contributed by atoms with van der Waals surface area (Å²) >= 11 is 4.83. The Kier molecular flexibility index (Phi) is 10.4. The van der Waals surface area contributed by atoms with Gasteiger partial charge in [-0.05, 0) is 17.1 Å². The second kappa shape index (κ2) is 13.4. The fraction of sp³-hybridized carbons (Fsp3) is 0.286. The number of alkyl halides is 3. The molecule has 2 aliphatic rings. The molecule has 0 spiro atoms. The van der Waals surface area contributed by atoms with Gasteiger partial charge in [-0.3, -0.25) is 19.9 Å². The van der Waals surface area contributed by atoms with Gasteiger partial charge in [-0.15, -0.1) is 16.9 Å². The lowest BCUT2D eigenvalue weighted by molar-refractivity contribution is -0.192. The zero-order valence-corrected chi connectivity index (χ0v) is 23.1. The number of halogens is 3. The van der Waals surface area contributed by atoms with Crippen molar-refractivity contribution in [2.24, 2.45) is 5.73 Å². The van der Waals surface area contributed by atoms with Gasteiger partial charge in [0.2, 0.25) is 5.91 Å². The molecule has 4 rings (SSSR count). The Morgan fingerprint density at radius 3 is 2.45 bits per heavy atom. The number of nitrogens with one attached hydrogen (secondary N) is 2. The van der Waals surface area contributed by atoms with Crippen molar-refractivity contribution in [1.29, 1.82) is 5.41 Å². The minimum Gasteiger partial charge on any atom is -0.477 e. The third-order valence-corrected chi connectivity index (χ3v) is 9.24. The highest BCUT2D eigenvalue weighted by molar-refractivity contribution is 8.13. The molecule has 2 aliphatic heterocycles. The number of carboxylic acids is 2. The van der Waals surface area contributed by atoms with Crippen LogP contribution in [-0.2, 0) is 31.4 Å². The number of rotatable bonds is 8. The first kappa shape index (κ1) is 31.2. The Morgan fingerprint density at radius 2 is 1.88 bits per heavy atom. The van der Waals surface area contributed by atoms with Crippen LogP contribution >= 0.6 is 46.8 Å². The molecule has 0 saturated carbocycles. The molecule has 6 N–H and O–H groups in total. The summed E-state index contributed by atoms with van der Waals surface area (Å²) in [6, 6.07) is 8.42. The topological polar surface area (TPSA) is 200 Å². The summed E-state index contributed by atoms with van der Waals surface area (Å²) in [7, 11) is 0. The molecule has 2 amide bonds. The molecule has 0 radical (unpaired) electrons. The average molecular weight is 637 g/mol. The highest BCUT2D eigenvalue weighted by Crippen LogP contribution is 2.46. The first-order chi connectivity index (χ1) is 18.8. The SMILES string of the molecule is N=C(N)SCc1nnsc1SC1=C(C(=O)O)N2C(=O)[C@@H](NC(=O)Cc3ccccc3)[C@H]2SC1.O=C(O)C(F)(F)F. The minimum atomic E-state index is -5.08. The third-order valence-electron chi connectivity index (χ3n) is 5.00. The average Bonchev–Trinajstić information content (AvgIpc) is 3.32. The summed E-state index contributed by atoms with van der Waals surface area (Å²) in [4.78, 5) is 47.9. The van der Waals surface area contributed by atoms with Gasteiger partial charge < -0.3 is 21.3 Å². The molecule has 0 unspecified atom stereocenters. The van der Waals surface area contributed by atoms with Crippen LogP contribution in [0.1, 0.15) is 11.3 Å². The predicted molar refractivity (Wildman–Crippen MR) is 142 cm³/mol. The first-order valence-corrected chi connectivity index (χ1v) is 14.4. The number of hydrogen-bond acceptors (Lipinski definition) is 11. The standard InChI is InChI=1S/C19H18N6O4S4.C2HF3O2/c20-19(21)31-7-10-18(33-24-23-10)32-11-8-30-16-13(15(27)25(16)14(11)17(28)29)22-12(26)6-9-4-2-1-3-5-9;3-2(4,5)1(6)7/h1-5,13,16H,6-8H2,(H3,20,21)(H,22,26)(H,28,29);(H,6,7)/t13-,16-;/m1./s1. The van der Waals surface area contributed by atoms with E-state index in [0.717, 1.165) is 28.9 Å². The largest absolute Gasteiger partial charge is 0.490 e. The summed E-state index contributed by atoms with van der Waals surface area (Å²) in [5.74, 6) is -3.99. The number of carbonyl (C=O) groups is 4. The van der Waals surface area contributed by atoms with Crippen LogP contribution in [0.25, 0.3) is 0 Å². The van der Waals surface area contributed by atoms with Crippen LogP contribution in [-0.4, -0.2) is 77.0 Å². The molecule has 214 valence electrons. The zero-order valence-electron chi connectivity index (χ0n) is 19.9. The van der Waals surface area contributed by atoms with Gasteiger partial charge in [0.05, 0.1) is 12.1 Å². The highest BCUT2D eigenvalue weighted by Gasteiger charge is 2.54. The Hall–Kier alpha value is -3.29. The van der Waals surface area contributed by atoms with E-state index in [0.29, 0.717) is 26.3 Å². The second-order valence-corrected chi connectivity index (χ2v) is 12.0. The molecule has 1 aromatic heterocycles. The molecule has 40 heavy (non-hydrogen) atoms. The minimum absolute atomic E-state index is 0.0491. The molecular weight excluding hydrogens is 618 g/mol. The molecule has 3 heterocycles. The van der Waals surface area contributed by atoms with E-state index in [1.807, 2.05) is 30.3 Å². The third kappa shape index (κ3) is 7.89. The van der Waals surface area contributed by atoms with Crippen molar-refractivity contribution in [3.05, 3.63) is 52.2 Å². The summed E-state index contributed by atoms with van der Waals surface area (Å²) in [5.41, 5.74) is 6.74. The lowest BCUT2D eigenvalue weighted by atomic mass is 10.0. The number of nitrogens with two attached hydrogens (primary N) is 1. The van der Waals surface area contributed by atoms with Crippen molar-refractivity contribution < 1.29 is 42.6 Å². The maximum absolute atomic E-state index is 12.8. The maximum Gasteiger partial charge on any atom is 0.490 e. The molecule has 12 nitrogen and oxygen atoms in total. The van der Waals surface area contributed by atoms with Crippen LogP contribution in [0.2, 0.25) is 0 Å². The van der Waals surface area contributed by atoms with E-state index < -0.39 is 35.4 Å². The van der Waals surface area contributed by atoms with Crippen LogP contribution in [0.5, 0.6) is 0 Å². The van der Waals surface area contributed by atoms with Crippen LogP contribution in [0, 0.1) is 5.41 Å². The van der Waals surface area contributed by atoms with E-state index in [1.165, 1.54) is 28.4 Å². The molecule has 2 atom stereocenters. The number of benzene rings is 1. The summed E-state index contributed by atoms with van der Waals surface area (Å²) in [6.45, 7) is 0. The number of aliphatic carboxylic acids is 2. The van der Waals surface area contributed by atoms with Gasteiger partial charge in [-0.1, -0.05) is 58.3 Å². The van der Waals surface area contributed by atoms with E-state index >= 15 is 0 Å². The van der Waals surface area contributed by atoms with E-state index in [-0.39, 0.29) is 23.2 Å². The smallest absolute Gasteiger partial charge is 0.477 e. The predicted octanol–water partition coefficient (Wildman–Crippen LogP) is 2.33. The Labute approximate surface area is 240 Å². The highest BCUT2D eigenvalue weighted by atomic mass is 32.2. The Morgan fingerprint density at radius 1 is 1.23 bits per heavy atom. The van der Waals surface area contributed by atoms with Crippen molar-refractivity contribution in [1.82, 2.24) is 19.8 Å². The normalized spacial score (nSPS) is 18.2. The van der Waals surface area contributed by atoms with Crippen molar-refractivity contribution in [2.45, 2.75) is 34.0 Å². The number of fused-ring (bicyclic) bond motifs is 1. The lowest BCUT2D eigenvalue weighted by Gasteiger charge is -2.49. The first-order valence-electron chi connectivity index (χ1n) is 10.8. The van der Waals surface area contributed by atoms with Gasteiger partial charge in [-0.2, -0.15) is 13.2 Å². The number of β-lactam (4-membered cyclic amide) rings is 1. The number of carboxylic acid groups (broad SMARTS) is 2. The fourth-order valence-electron chi connectivity index (χ4n) is 3.30. The fourth-order valence-corrected chi connectivity index (χ4v) is 7.33. The van der Waals surface area contributed by atoms with Gasteiger partial charge in [0.15, 0.2) is 5.17 Å². The number of carbonyl (C=O) groups excluding carboxylic acids is 2. The van der Waals surface area contributed by atoms with Gasteiger partial charge in [0.1, 0.15) is 21.3 Å². The van der Waals surface area contributed by atoms with E-state index in [2.05, 4.69) is 14.9 Å². The zero-order chi connectivity index (χ0) is 29.6. The van der Waals surface area contributed by atoms with Crippen molar-refractivity contribution in [3.8, 4) is 0 Å². The Balaban J connectivity index is 0.000000559. The van der Waals surface area contributed by atoms with E-state index in [9.17, 15) is 32.7 Å². The molecule has 1 fully saturated rings. The van der Waals surface area contributed by atoms with Crippen LogP contribution < -0.4 is 11.1 Å². The van der Waals surface area contributed by atoms with Crippen LogP contribution in [0.4, 0.5) is 13.2 Å². The number of amides is 2. The molecule has 2 aromatic rings. The lowest BCUT2D eigenvalue weighted by Crippen LogP contribution is -2.70. The monoisotopic (exact) mass is 636 g/mol. The van der Waals surface area contributed by atoms with Gasteiger partial charge >= 0.3 is 18.1 Å². The number of thioether (sulfide) groups is 3. The second-order valence-electron chi connectivity index (χ2n) is 7.76. The summed E-state index contributed by atoms with van der Waals surface area (Å²) < 4.78 is 36.3. The van der Waals surface area contributed by atoms with Gasteiger partial charge in [-0.25, -0.2) is 9.59 Å². The quantitative estimate of drug-likeness (QED) is 0.161. The summed E-state index contributed by atoms with van der Waals surface area (Å²) in [6.07, 6.45) is -4.94. The Bertz CT molecular complexity index is 1340. The van der Waals surface area contributed by atoms with Crippen LogP contribution in [0.3, 0.4) is 0 Å². The summed E-state index contributed by atoms with van der Waals surface area (Å²) in [5, 5.41) is 30.6. The number of aromatic nitrogens is 2. The molecule has 19 heteroatoms. The van der Waals surface area contributed by atoms with Gasteiger partial charge in [0.25, 0.3) is 5.91 Å². The number of amidine groups is 1. The molecule has 0 bridgehead atoms. The van der Waals surface area contributed by atoms with E-state index in [1.54, 1.807) is 0 Å². The van der Waals surface area contributed by atoms with Crippen molar-refractivity contribution >= 4 is 75.7 Å². The number of nitrogens with zero attached hydrogens (tertiary/aromatic N) is 3. The van der Waals surface area contributed by atoms with Crippen molar-refractivity contribution in [3.63, 3.8) is 0 Å².